The van der Waals surface area contributed by atoms with Gasteiger partial charge >= 0.3 is 0 Å². The number of aryl methyl sites for hydroxylation is 2. The van der Waals surface area contributed by atoms with E-state index < -0.39 is 0 Å². The second-order valence-corrected chi connectivity index (χ2v) is 7.71. The molecule has 0 aliphatic heterocycles. The van der Waals surface area contributed by atoms with Gasteiger partial charge in [0.05, 0.1) is 29.2 Å². The molecule has 4 aromatic heterocycles. The summed E-state index contributed by atoms with van der Waals surface area (Å²) in [4.78, 5) is 25.9. The van der Waals surface area contributed by atoms with E-state index in [0.717, 1.165) is 20.8 Å². The van der Waals surface area contributed by atoms with Crippen molar-refractivity contribution in [2.24, 2.45) is 7.05 Å². The third-order valence-corrected chi connectivity index (χ3v) is 5.58. The zero-order valence-corrected chi connectivity index (χ0v) is 15.8. The van der Waals surface area contributed by atoms with Gasteiger partial charge in [-0.25, -0.2) is 15.0 Å². The molecule has 0 radical (unpaired) electrons. The first-order valence-electron chi connectivity index (χ1n) is 7.61. The van der Waals surface area contributed by atoms with E-state index >= 15 is 0 Å². The van der Waals surface area contributed by atoms with Gasteiger partial charge in [-0.05, 0) is 6.92 Å². The van der Waals surface area contributed by atoms with Crippen LogP contribution in [0.3, 0.4) is 0 Å². The van der Waals surface area contributed by atoms with Crippen LogP contribution in [0.15, 0.2) is 24.8 Å². The molecule has 10 heteroatoms. The molecule has 0 bridgehead atoms. The van der Waals surface area contributed by atoms with E-state index in [9.17, 15) is 4.79 Å². The van der Waals surface area contributed by atoms with Crippen molar-refractivity contribution < 1.29 is 9.53 Å². The van der Waals surface area contributed by atoms with Crippen molar-refractivity contribution in [3.05, 3.63) is 34.7 Å². The highest BCUT2D eigenvalue weighted by Gasteiger charge is 2.18. The Kier molecular flexibility index (Phi) is 4.13. The van der Waals surface area contributed by atoms with Crippen molar-refractivity contribution in [1.82, 2.24) is 24.7 Å². The van der Waals surface area contributed by atoms with Gasteiger partial charge in [-0.3, -0.25) is 14.8 Å². The lowest BCUT2D eigenvalue weighted by Gasteiger charge is -2.02. The van der Waals surface area contributed by atoms with Crippen molar-refractivity contribution in [3.63, 3.8) is 0 Å². The monoisotopic (exact) mass is 386 g/mol. The number of thiazole rings is 2. The summed E-state index contributed by atoms with van der Waals surface area (Å²) in [6, 6.07) is 0. The fraction of sp³-hybridized carbons (Fsp3) is 0.188. The number of carbonyl (C=O) groups is 1. The first-order valence-corrected chi connectivity index (χ1v) is 9.25. The topological polar surface area (TPSA) is 94.8 Å². The molecule has 0 atom stereocenters. The maximum absolute atomic E-state index is 12.4. The number of methoxy groups -OCH3 is 1. The van der Waals surface area contributed by atoms with Crippen LogP contribution in [0.4, 0.5) is 5.13 Å². The number of hydrogen-bond donors (Lipinski definition) is 1. The fourth-order valence-corrected chi connectivity index (χ4v) is 4.14. The number of nitrogens with zero attached hydrogens (tertiary/aromatic N) is 5. The summed E-state index contributed by atoms with van der Waals surface area (Å²) in [7, 11) is 3.40. The lowest BCUT2D eigenvalue weighted by molar-refractivity contribution is 0.103. The molecule has 0 saturated heterocycles. The van der Waals surface area contributed by atoms with E-state index in [-0.39, 0.29) is 5.91 Å². The van der Waals surface area contributed by atoms with Crippen LogP contribution in [-0.2, 0) is 7.05 Å². The summed E-state index contributed by atoms with van der Waals surface area (Å²) in [6.07, 6.45) is 6.96. The highest BCUT2D eigenvalue weighted by molar-refractivity contribution is 7.23. The maximum Gasteiger partial charge on any atom is 0.269 e. The van der Waals surface area contributed by atoms with E-state index in [2.05, 4.69) is 25.4 Å². The number of aromatic nitrogens is 5. The molecule has 26 heavy (non-hydrogen) atoms. The zero-order valence-electron chi connectivity index (χ0n) is 14.2. The van der Waals surface area contributed by atoms with Crippen molar-refractivity contribution in [2.75, 3.05) is 12.4 Å². The summed E-state index contributed by atoms with van der Waals surface area (Å²) in [5.41, 5.74) is 2.42. The first-order chi connectivity index (χ1) is 12.5. The molecule has 0 saturated carbocycles. The molecule has 4 aromatic rings. The lowest BCUT2D eigenvalue weighted by atomic mass is 10.1. The average molecular weight is 386 g/mol. The van der Waals surface area contributed by atoms with Crippen LogP contribution in [-0.4, -0.2) is 37.7 Å². The number of rotatable bonds is 4. The Morgan fingerprint density at radius 2 is 2.08 bits per heavy atom. The van der Waals surface area contributed by atoms with Crippen molar-refractivity contribution in [1.29, 1.82) is 0 Å². The molecule has 0 fully saturated rings. The van der Waals surface area contributed by atoms with Gasteiger partial charge in [-0.2, -0.15) is 5.10 Å². The van der Waals surface area contributed by atoms with Crippen LogP contribution < -0.4 is 10.1 Å². The van der Waals surface area contributed by atoms with E-state index in [1.807, 2.05) is 20.2 Å². The predicted molar refractivity (Wildman–Crippen MR) is 101 cm³/mol. The van der Waals surface area contributed by atoms with Crippen molar-refractivity contribution >= 4 is 43.9 Å². The number of ether oxygens (including phenoxy) is 1. The summed E-state index contributed by atoms with van der Waals surface area (Å²) in [5.74, 6) is 0.183. The van der Waals surface area contributed by atoms with Crippen molar-refractivity contribution in [3.8, 4) is 17.0 Å². The van der Waals surface area contributed by atoms with E-state index in [1.165, 1.54) is 22.7 Å². The quantitative estimate of drug-likeness (QED) is 0.579. The van der Waals surface area contributed by atoms with E-state index in [4.69, 9.17) is 4.74 Å². The number of carbonyl (C=O) groups excluding carboxylic acids is 1. The van der Waals surface area contributed by atoms with E-state index in [0.29, 0.717) is 21.4 Å². The number of fused-ring (bicyclic) bond motifs is 1. The molecule has 1 N–H and O–H groups in total. The minimum atomic E-state index is -0.232. The fourth-order valence-electron chi connectivity index (χ4n) is 2.48. The number of nitrogens with one attached hydrogen (secondary N) is 1. The second-order valence-electron chi connectivity index (χ2n) is 5.48. The van der Waals surface area contributed by atoms with Crippen LogP contribution in [0.1, 0.15) is 14.7 Å². The second kappa shape index (κ2) is 6.46. The molecule has 4 rings (SSSR count). The molecule has 0 aliphatic rings. The maximum atomic E-state index is 12.4. The largest absolute Gasteiger partial charge is 0.479 e. The van der Waals surface area contributed by atoms with Gasteiger partial charge in [-0.1, -0.05) is 11.3 Å². The Morgan fingerprint density at radius 3 is 2.73 bits per heavy atom. The smallest absolute Gasteiger partial charge is 0.269 e. The average Bonchev–Trinajstić information content (AvgIpc) is 3.33. The number of amides is 1. The molecule has 0 spiro atoms. The number of pyridine rings is 1. The number of anilines is 1. The van der Waals surface area contributed by atoms with Crippen LogP contribution >= 0.6 is 22.7 Å². The lowest BCUT2D eigenvalue weighted by Crippen LogP contribution is -2.09. The Hall–Kier alpha value is -2.85. The summed E-state index contributed by atoms with van der Waals surface area (Å²) in [5, 5.41) is 8.35. The predicted octanol–water partition coefficient (Wildman–Crippen LogP) is 3.12. The van der Waals surface area contributed by atoms with Gasteiger partial charge in [0.1, 0.15) is 10.4 Å². The number of hydrogen-bond acceptors (Lipinski definition) is 8. The SMILES string of the molecule is COc1ncc(-c2cnn(C)c2)c2sc(NC(=O)c3cnc(C)s3)nc12. The minimum absolute atomic E-state index is 0.232. The summed E-state index contributed by atoms with van der Waals surface area (Å²) in [6.45, 7) is 1.86. The molecule has 8 nitrogen and oxygen atoms in total. The highest BCUT2D eigenvalue weighted by Crippen LogP contribution is 2.38. The van der Waals surface area contributed by atoms with Gasteiger partial charge in [0, 0.05) is 30.6 Å². The van der Waals surface area contributed by atoms with Gasteiger partial charge in [0.2, 0.25) is 5.88 Å². The Labute approximate surface area is 156 Å². The third-order valence-electron chi connectivity index (χ3n) is 3.66. The van der Waals surface area contributed by atoms with Crippen LogP contribution in [0.25, 0.3) is 21.3 Å². The van der Waals surface area contributed by atoms with Crippen molar-refractivity contribution in [2.45, 2.75) is 6.92 Å². The van der Waals surface area contributed by atoms with Crippen LogP contribution in [0, 0.1) is 6.92 Å². The molecule has 132 valence electrons. The van der Waals surface area contributed by atoms with E-state index in [1.54, 1.807) is 30.4 Å². The molecule has 0 unspecified atom stereocenters. The molecule has 0 aromatic carbocycles. The molecule has 4 heterocycles. The van der Waals surface area contributed by atoms with Gasteiger partial charge < -0.3 is 4.74 Å². The molecule has 1 amide bonds. The van der Waals surface area contributed by atoms with Gasteiger partial charge in [-0.15, -0.1) is 11.3 Å². The first kappa shape index (κ1) is 16.6. The van der Waals surface area contributed by atoms with Crippen LogP contribution in [0.5, 0.6) is 5.88 Å². The van der Waals surface area contributed by atoms with Gasteiger partial charge in [0.15, 0.2) is 5.13 Å². The third kappa shape index (κ3) is 2.93. The Bertz CT molecular complexity index is 1110. The summed E-state index contributed by atoms with van der Waals surface area (Å²) < 4.78 is 7.92. The normalized spacial score (nSPS) is 11.0. The summed E-state index contributed by atoms with van der Waals surface area (Å²) >= 11 is 2.71. The molecular weight excluding hydrogens is 372 g/mol. The van der Waals surface area contributed by atoms with Gasteiger partial charge in [0.25, 0.3) is 5.91 Å². The standard InChI is InChI=1S/C16H14N6O2S2/c1-8-17-6-11(25-8)14(23)21-16-20-12-13(26-16)10(5-18-15(12)24-3)9-4-19-22(2)7-9/h4-7H,1-3H3,(H,20,21,23). The minimum Gasteiger partial charge on any atom is -0.479 e. The zero-order chi connectivity index (χ0) is 18.3. The van der Waals surface area contributed by atoms with Crippen LogP contribution in [0.2, 0.25) is 0 Å². The Morgan fingerprint density at radius 1 is 1.23 bits per heavy atom. The Balaban J connectivity index is 1.76. The molecular formula is C16H14N6O2S2. The molecule has 0 aliphatic carbocycles. The highest BCUT2D eigenvalue weighted by atomic mass is 32.1.